The Kier molecular flexibility index (Phi) is 6.28. The highest BCUT2D eigenvalue weighted by atomic mass is 32.2. The molecule has 0 aliphatic carbocycles. The Labute approximate surface area is 209 Å². The van der Waals surface area contributed by atoms with Gasteiger partial charge in [-0.3, -0.25) is 9.69 Å². The molecule has 0 unspecified atom stereocenters. The molecule has 2 heterocycles. The van der Waals surface area contributed by atoms with Crippen LogP contribution in [-0.2, 0) is 11.0 Å². The van der Waals surface area contributed by atoms with E-state index in [2.05, 4.69) is 6.58 Å². The minimum atomic E-state index is -4.45. The van der Waals surface area contributed by atoms with Crippen LogP contribution < -0.4 is 0 Å². The van der Waals surface area contributed by atoms with Gasteiger partial charge in [0.1, 0.15) is 11.5 Å². The van der Waals surface area contributed by atoms with Crippen LogP contribution in [0, 0.1) is 0 Å². The summed E-state index contributed by atoms with van der Waals surface area (Å²) in [6.45, 7) is 4.02. The van der Waals surface area contributed by atoms with Crippen molar-refractivity contribution in [1.29, 1.82) is 0 Å². The molecule has 0 radical (unpaired) electrons. The molecule has 8 heteroatoms. The van der Waals surface area contributed by atoms with Crippen molar-refractivity contribution in [3.8, 4) is 11.3 Å². The maximum atomic E-state index is 13.1. The Morgan fingerprint density at radius 1 is 1.00 bits per heavy atom. The van der Waals surface area contributed by atoms with Crippen LogP contribution in [0.5, 0.6) is 0 Å². The van der Waals surface area contributed by atoms with Gasteiger partial charge in [-0.1, -0.05) is 54.6 Å². The number of carbonyl (C=O) groups excluding carboxylic acids is 1. The average Bonchev–Trinajstić information content (AvgIpc) is 3.45. The van der Waals surface area contributed by atoms with Crippen LogP contribution in [0.15, 0.2) is 106 Å². The van der Waals surface area contributed by atoms with Crippen LogP contribution >= 0.6 is 11.8 Å². The molecule has 1 saturated heterocycles. The molecule has 36 heavy (non-hydrogen) atoms. The van der Waals surface area contributed by atoms with Gasteiger partial charge in [0.05, 0.1) is 16.2 Å². The summed E-state index contributed by atoms with van der Waals surface area (Å²) in [6.07, 6.45) is -1.25. The first-order chi connectivity index (χ1) is 17.3. The van der Waals surface area contributed by atoms with Crippen molar-refractivity contribution in [3.05, 3.63) is 108 Å². The second kappa shape index (κ2) is 9.54. The molecule has 1 fully saturated rings. The van der Waals surface area contributed by atoms with Gasteiger partial charge in [0.2, 0.25) is 0 Å². The van der Waals surface area contributed by atoms with E-state index in [9.17, 15) is 18.0 Å². The van der Waals surface area contributed by atoms with Crippen molar-refractivity contribution < 1.29 is 22.4 Å². The van der Waals surface area contributed by atoms with E-state index >= 15 is 0 Å². The lowest BCUT2D eigenvalue weighted by Gasteiger charge is -2.13. The summed E-state index contributed by atoms with van der Waals surface area (Å²) in [4.78, 5) is 19.8. The summed E-state index contributed by atoms with van der Waals surface area (Å²) in [5.41, 5.74) is 0.280. The fourth-order valence-electron chi connectivity index (χ4n) is 3.85. The predicted molar refractivity (Wildman–Crippen MR) is 138 cm³/mol. The second-order valence-electron chi connectivity index (χ2n) is 7.99. The maximum absolute atomic E-state index is 13.1. The molecular formula is C28H19F3N2O2S. The van der Waals surface area contributed by atoms with E-state index in [1.54, 1.807) is 30.4 Å². The number of hydrogen-bond acceptors (Lipinski definition) is 4. The molecule has 0 atom stereocenters. The van der Waals surface area contributed by atoms with Gasteiger partial charge in [-0.15, -0.1) is 6.58 Å². The van der Waals surface area contributed by atoms with Crippen molar-refractivity contribution in [2.24, 2.45) is 4.99 Å². The smallest absolute Gasteiger partial charge is 0.416 e. The maximum Gasteiger partial charge on any atom is 0.416 e. The topological polar surface area (TPSA) is 45.8 Å². The van der Waals surface area contributed by atoms with Gasteiger partial charge < -0.3 is 4.42 Å². The third kappa shape index (κ3) is 4.72. The Bertz CT molecular complexity index is 1530. The lowest BCUT2D eigenvalue weighted by atomic mass is 10.1. The molecule has 5 rings (SSSR count). The molecule has 1 aliphatic heterocycles. The summed E-state index contributed by atoms with van der Waals surface area (Å²) >= 11 is 1.21. The first kappa shape index (κ1) is 23.7. The molecule has 0 spiro atoms. The van der Waals surface area contributed by atoms with E-state index in [0.29, 0.717) is 21.4 Å². The number of alkyl halides is 3. The number of rotatable bonds is 5. The highest BCUT2D eigenvalue weighted by Crippen LogP contribution is 2.37. The van der Waals surface area contributed by atoms with Gasteiger partial charge in [-0.25, -0.2) is 4.99 Å². The molecule has 1 amide bonds. The SMILES string of the molecule is C=CCN1C(=O)C(=Cc2ccc(-c3cccc(C(F)(F)F)c3)o2)SC1=Nc1cccc2ccccc12. The number of amides is 1. The number of amidine groups is 1. The third-order valence-corrected chi connectivity index (χ3v) is 6.56. The van der Waals surface area contributed by atoms with E-state index in [4.69, 9.17) is 9.41 Å². The van der Waals surface area contributed by atoms with Gasteiger partial charge in [0, 0.05) is 23.6 Å². The quantitative estimate of drug-likeness (QED) is 0.205. The highest BCUT2D eigenvalue weighted by molar-refractivity contribution is 8.18. The van der Waals surface area contributed by atoms with Crippen molar-refractivity contribution in [3.63, 3.8) is 0 Å². The Balaban J connectivity index is 1.47. The van der Waals surface area contributed by atoms with Crippen molar-refractivity contribution >= 4 is 45.4 Å². The van der Waals surface area contributed by atoms with Gasteiger partial charge in [-0.2, -0.15) is 13.2 Å². The van der Waals surface area contributed by atoms with Crippen LogP contribution in [0.3, 0.4) is 0 Å². The fourth-order valence-corrected chi connectivity index (χ4v) is 4.83. The van der Waals surface area contributed by atoms with E-state index in [1.165, 1.54) is 22.7 Å². The molecule has 0 bridgehead atoms. The Morgan fingerprint density at radius 3 is 2.58 bits per heavy atom. The summed E-state index contributed by atoms with van der Waals surface area (Å²) in [6, 6.07) is 21.8. The number of carbonyl (C=O) groups is 1. The Morgan fingerprint density at radius 2 is 1.78 bits per heavy atom. The summed E-state index contributed by atoms with van der Waals surface area (Å²) < 4.78 is 45.0. The van der Waals surface area contributed by atoms with Crippen LogP contribution in [0.1, 0.15) is 11.3 Å². The van der Waals surface area contributed by atoms with E-state index < -0.39 is 11.7 Å². The fraction of sp³-hybridized carbons (Fsp3) is 0.0714. The summed E-state index contributed by atoms with van der Waals surface area (Å²) in [7, 11) is 0. The number of aliphatic imine (C=N–C) groups is 1. The van der Waals surface area contributed by atoms with E-state index in [-0.39, 0.29) is 18.2 Å². The van der Waals surface area contributed by atoms with Gasteiger partial charge in [-0.05, 0) is 47.5 Å². The number of benzene rings is 3. The van der Waals surface area contributed by atoms with E-state index in [1.807, 2.05) is 42.5 Å². The normalized spacial score (nSPS) is 16.4. The first-order valence-electron chi connectivity index (χ1n) is 11.0. The molecule has 0 saturated carbocycles. The van der Waals surface area contributed by atoms with Crippen molar-refractivity contribution in [1.82, 2.24) is 4.90 Å². The molecule has 4 aromatic rings. The molecule has 0 N–H and O–H groups in total. The zero-order chi connectivity index (χ0) is 25.3. The molecule has 3 aromatic carbocycles. The zero-order valence-electron chi connectivity index (χ0n) is 18.8. The van der Waals surface area contributed by atoms with Gasteiger partial charge >= 0.3 is 6.18 Å². The predicted octanol–water partition coefficient (Wildman–Crippen LogP) is 7.91. The lowest BCUT2D eigenvalue weighted by Crippen LogP contribution is -2.29. The number of nitrogens with zero attached hydrogens (tertiary/aromatic N) is 2. The van der Waals surface area contributed by atoms with Gasteiger partial charge in [0.25, 0.3) is 5.91 Å². The number of thioether (sulfide) groups is 1. The van der Waals surface area contributed by atoms with Crippen molar-refractivity contribution in [2.75, 3.05) is 6.54 Å². The molecule has 1 aliphatic rings. The molecule has 180 valence electrons. The van der Waals surface area contributed by atoms with Crippen molar-refractivity contribution in [2.45, 2.75) is 6.18 Å². The van der Waals surface area contributed by atoms with Crippen LogP contribution in [0.2, 0.25) is 0 Å². The largest absolute Gasteiger partial charge is 0.457 e. The number of fused-ring (bicyclic) bond motifs is 1. The van der Waals surface area contributed by atoms with E-state index in [0.717, 1.165) is 28.6 Å². The van der Waals surface area contributed by atoms with Crippen LogP contribution in [0.25, 0.3) is 28.2 Å². The molecule has 4 nitrogen and oxygen atoms in total. The lowest BCUT2D eigenvalue weighted by molar-refractivity contribution is -0.137. The minimum absolute atomic E-state index is 0.254. The molecular weight excluding hydrogens is 485 g/mol. The first-order valence-corrected chi connectivity index (χ1v) is 11.8. The minimum Gasteiger partial charge on any atom is -0.457 e. The highest BCUT2D eigenvalue weighted by Gasteiger charge is 2.33. The third-order valence-electron chi connectivity index (χ3n) is 5.56. The standard InChI is InChI=1S/C28H19F3N2O2S/c1-2-15-33-26(34)25(36-27(33)32-23-12-6-8-18-7-3-4-11-22(18)23)17-21-13-14-24(35-21)19-9-5-10-20(16-19)28(29,30)31/h2-14,16-17H,1,15H2. The van der Waals surface area contributed by atoms with Crippen LogP contribution in [-0.4, -0.2) is 22.5 Å². The van der Waals surface area contributed by atoms with Crippen LogP contribution in [0.4, 0.5) is 18.9 Å². The number of halogens is 3. The average molecular weight is 505 g/mol. The monoisotopic (exact) mass is 504 g/mol. The number of hydrogen-bond donors (Lipinski definition) is 0. The number of furan rings is 1. The van der Waals surface area contributed by atoms with Gasteiger partial charge in [0.15, 0.2) is 5.17 Å². The summed E-state index contributed by atoms with van der Waals surface area (Å²) in [5.74, 6) is 0.370. The molecule has 1 aromatic heterocycles. The zero-order valence-corrected chi connectivity index (χ0v) is 19.6. The summed E-state index contributed by atoms with van der Waals surface area (Å²) in [5, 5.41) is 2.51. The Hall–Kier alpha value is -4.04. The second-order valence-corrected chi connectivity index (χ2v) is 9.00.